The Morgan fingerprint density at radius 3 is 2.27 bits per heavy atom. The molecule has 0 radical (unpaired) electrons. The molecule has 0 bridgehead atoms. The van der Waals surface area contributed by atoms with E-state index in [0.29, 0.717) is 21.8 Å². The number of nitrogens with one attached hydrogen (secondary N) is 2. The molecule has 0 aliphatic heterocycles. The van der Waals surface area contributed by atoms with E-state index >= 15 is 0 Å². The molecule has 0 atom stereocenters. The number of carbonyl (C=O) groups is 1. The van der Waals surface area contributed by atoms with Gasteiger partial charge in [0.05, 0.1) is 16.5 Å². The highest BCUT2D eigenvalue weighted by Crippen LogP contribution is 2.24. The summed E-state index contributed by atoms with van der Waals surface area (Å²) in [6, 6.07) is 19.5. The quantitative estimate of drug-likeness (QED) is 0.550. The van der Waals surface area contributed by atoms with Gasteiger partial charge in [0, 0.05) is 12.1 Å². The van der Waals surface area contributed by atoms with Crippen molar-refractivity contribution in [1.82, 2.24) is 4.72 Å². The fourth-order valence-electron chi connectivity index (χ4n) is 2.91. The summed E-state index contributed by atoms with van der Waals surface area (Å²) in [7, 11) is -3.50. The summed E-state index contributed by atoms with van der Waals surface area (Å²) in [5.41, 5.74) is 4.61. The molecule has 0 unspecified atom stereocenters. The molecule has 156 valence electrons. The SMILES string of the molecule is Cc1ccc(CS(=O)(=O)NCc2ccc(NC(=O)c3ccccc3)c(Cl)c2)cc1C. The standard InChI is InChI=1S/C23H23ClN2O3S/c1-16-8-9-19(12-17(16)2)15-30(28,29)25-14-18-10-11-22(21(24)13-18)26-23(27)20-6-4-3-5-7-20/h3-13,25H,14-15H2,1-2H3,(H,26,27). The molecule has 5 nitrogen and oxygen atoms in total. The molecule has 3 aromatic carbocycles. The molecule has 30 heavy (non-hydrogen) atoms. The van der Waals surface area contributed by atoms with E-state index in [-0.39, 0.29) is 18.2 Å². The smallest absolute Gasteiger partial charge is 0.255 e. The van der Waals surface area contributed by atoms with Crippen LogP contribution in [0.15, 0.2) is 66.7 Å². The van der Waals surface area contributed by atoms with Crippen LogP contribution in [0.4, 0.5) is 5.69 Å². The molecule has 0 aromatic heterocycles. The molecule has 3 rings (SSSR count). The Balaban J connectivity index is 1.62. The highest BCUT2D eigenvalue weighted by Gasteiger charge is 2.13. The van der Waals surface area contributed by atoms with Gasteiger partial charge in [0.25, 0.3) is 5.91 Å². The van der Waals surface area contributed by atoms with Crippen LogP contribution >= 0.6 is 11.6 Å². The minimum Gasteiger partial charge on any atom is -0.321 e. The van der Waals surface area contributed by atoms with Gasteiger partial charge in [-0.1, -0.05) is 54.1 Å². The van der Waals surface area contributed by atoms with Gasteiger partial charge in [0.15, 0.2) is 0 Å². The third-order valence-electron chi connectivity index (χ3n) is 4.74. The van der Waals surface area contributed by atoms with E-state index in [1.54, 1.807) is 42.5 Å². The molecule has 0 aliphatic rings. The first-order valence-electron chi connectivity index (χ1n) is 9.42. The lowest BCUT2D eigenvalue weighted by atomic mass is 10.1. The second kappa shape index (κ2) is 9.43. The van der Waals surface area contributed by atoms with Gasteiger partial charge in [-0.15, -0.1) is 0 Å². The van der Waals surface area contributed by atoms with Crippen LogP contribution in [0.1, 0.15) is 32.6 Å². The first-order chi connectivity index (χ1) is 14.2. The summed E-state index contributed by atoms with van der Waals surface area (Å²) in [6.45, 7) is 4.06. The van der Waals surface area contributed by atoms with Crippen molar-refractivity contribution in [3.63, 3.8) is 0 Å². The van der Waals surface area contributed by atoms with Gasteiger partial charge in [-0.3, -0.25) is 4.79 Å². The van der Waals surface area contributed by atoms with Crippen molar-refractivity contribution >= 4 is 33.2 Å². The summed E-state index contributed by atoms with van der Waals surface area (Å²) in [6.07, 6.45) is 0. The van der Waals surface area contributed by atoms with Crippen LogP contribution in [0.3, 0.4) is 0 Å². The fraction of sp³-hybridized carbons (Fsp3) is 0.174. The predicted molar refractivity (Wildman–Crippen MR) is 121 cm³/mol. The van der Waals surface area contributed by atoms with Crippen molar-refractivity contribution in [3.8, 4) is 0 Å². The minimum absolute atomic E-state index is 0.0902. The van der Waals surface area contributed by atoms with Crippen LogP contribution < -0.4 is 10.0 Å². The van der Waals surface area contributed by atoms with Crippen LogP contribution in [0, 0.1) is 13.8 Å². The molecular weight excluding hydrogens is 420 g/mol. The Hall–Kier alpha value is -2.67. The van der Waals surface area contributed by atoms with Crippen LogP contribution in [-0.2, 0) is 22.3 Å². The van der Waals surface area contributed by atoms with E-state index in [1.165, 1.54) is 0 Å². The van der Waals surface area contributed by atoms with Gasteiger partial charge in [-0.25, -0.2) is 13.1 Å². The summed E-state index contributed by atoms with van der Waals surface area (Å²) in [5, 5.41) is 3.10. The van der Waals surface area contributed by atoms with Crippen LogP contribution in [0.25, 0.3) is 0 Å². The van der Waals surface area contributed by atoms with Crippen molar-refractivity contribution in [2.75, 3.05) is 5.32 Å². The zero-order chi connectivity index (χ0) is 21.7. The minimum atomic E-state index is -3.50. The zero-order valence-electron chi connectivity index (χ0n) is 16.8. The third-order valence-corrected chi connectivity index (χ3v) is 6.35. The van der Waals surface area contributed by atoms with E-state index in [0.717, 1.165) is 16.7 Å². The molecule has 0 spiro atoms. The Bertz CT molecular complexity index is 1160. The van der Waals surface area contributed by atoms with Crippen molar-refractivity contribution in [2.24, 2.45) is 0 Å². The number of hydrogen-bond donors (Lipinski definition) is 2. The number of hydrogen-bond acceptors (Lipinski definition) is 3. The fourth-order valence-corrected chi connectivity index (χ4v) is 4.27. The van der Waals surface area contributed by atoms with E-state index in [9.17, 15) is 13.2 Å². The van der Waals surface area contributed by atoms with E-state index in [1.807, 2.05) is 38.1 Å². The largest absolute Gasteiger partial charge is 0.321 e. The van der Waals surface area contributed by atoms with E-state index in [2.05, 4.69) is 10.0 Å². The highest BCUT2D eigenvalue weighted by atomic mass is 35.5. The Morgan fingerprint density at radius 1 is 0.900 bits per heavy atom. The summed E-state index contributed by atoms with van der Waals surface area (Å²) >= 11 is 6.28. The monoisotopic (exact) mass is 442 g/mol. The number of halogens is 1. The molecule has 0 aliphatic carbocycles. The number of amides is 1. The van der Waals surface area contributed by atoms with Gasteiger partial charge in [-0.2, -0.15) is 0 Å². The number of anilines is 1. The van der Waals surface area contributed by atoms with E-state index in [4.69, 9.17) is 11.6 Å². The van der Waals surface area contributed by atoms with Crippen LogP contribution in [-0.4, -0.2) is 14.3 Å². The zero-order valence-corrected chi connectivity index (χ0v) is 18.3. The molecule has 2 N–H and O–H groups in total. The van der Waals surface area contributed by atoms with E-state index < -0.39 is 10.0 Å². The topological polar surface area (TPSA) is 75.3 Å². The highest BCUT2D eigenvalue weighted by molar-refractivity contribution is 7.88. The molecule has 0 fully saturated rings. The predicted octanol–water partition coefficient (Wildman–Crippen LogP) is 4.83. The van der Waals surface area contributed by atoms with Gasteiger partial charge in [0.1, 0.15) is 0 Å². The molecule has 0 heterocycles. The molecule has 0 saturated carbocycles. The number of rotatable bonds is 7. The third kappa shape index (κ3) is 5.92. The molecular formula is C23H23ClN2O3S. The van der Waals surface area contributed by atoms with Crippen molar-refractivity contribution in [1.29, 1.82) is 0 Å². The second-order valence-electron chi connectivity index (χ2n) is 7.13. The average molecular weight is 443 g/mol. The Kier molecular flexibility index (Phi) is 6.92. The molecule has 0 saturated heterocycles. The number of carbonyl (C=O) groups excluding carboxylic acids is 1. The van der Waals surface area contributed by atoms with Crippen LogP contribution in [0.5, 0.6) is 0 Å². The maximum Gasteiger partial charge on any atom is 0.255 e. The normalized spacial score (nSPS) is 11.3. The lowest BCUT2D eigenvalue weighted by Gasteiger charge is -2.11. The van der Waals surface area contributed by atoms with Crippen molar-refractivity contribution in [3.05, 3.63) is 99.6 Å². The van der Waals surface area contributed by atoms with Gasteiger partial charge >= 0.3 is 0 Å². The van der Waals surface area contributed by atoms with Gasteiger partial charge in [0.2, 0.25) is 10.0 Å². The number of aryl methyl sites for hydroxylation is 2. The number of sulfonamides is 1. The van der Waals surface area contributed by atoms with Gasteiger partial charge in [-0.05, 0) is 60.4 Å². The maximum absolute atomic E-state index is 12.4. The summed E-state index contributed by atoms with van der Waals surface area (Å²) in [4.78, 5) is 12.3. The van der Waals surface area contributed by atoms with Crippen molar-refractivity contribution < 1.29 is 13.2 Å². The molecule has 7 heteroatoms. The molecule has 3 aromatic rings. The van der Waals surface area contributed by atoms with Gasteiger partial charge < -0.3 is 5.32 Å². The summed E-state index contributed by atoms with van der Waals surface area (Å²) in [5.74, 6) is -0.355. The summed E-state index contributed by atoms with van der Waals surface area (Å²) < 4.78 is 27.4. The lowest BCUT2D eigenvalue weighted by Crippen LogP contribution is -2.24. The lowest BCUT2D eigenvalue weighted by molar-refractivity contribution is 0.102. The Labute approximate surface area is 182 Å². The van der Waals surface area contributed by atoms with Crippen LogP contribution in [0.2, 0.25) is 5.02 Å². The first kappa shape index (κ1) is 22.0. The first-order valence-corrected chi connectivity index (χ1v) is 11.4. The average Bonchev–Trinajstić information content (AvgIpc) is 2.71. The molecule has 1 amide bonds. The maximum atomic E-state index is 12.4. The Morgan fingerprint density at radius 2 is 1.60 bits per heavy atom. The van der Waals surface area contributed by atoms with Crippen molar-refractivity contribution in [2.45, 2.75) is 26.1 Å². The second-order valence-corrected chi connectivity index (χ2v) is 9.35. The number of benzene rings is 3.